The van der Waals surface area contributed by atoms with Crippen LogP contribution in [0, 0.1) is 0 Å². The monoisotopic (exact) mass is 362 g/mol. The maximum Gasteiger partial charge on any atom is 0.319 e. The number of carbonyl (C=O) groups is 1. The van der Waals surface area contributed by atoms with Crippen molar-refractivity contribution in [1.82, 2.24) is 10.2 Å². The number of nitrogens with one attached hydrogen (secondary N) is 2. The van der Waals surface area contributed by atoms with Gasteiger partial charge in [-0.15, -0.1) is 0 Å². The highest BCUT2D eigenvalue weighted by Gasteiger charge is 2.18. The van der Waals surface area contributed by atoms with Gasteiger partial charge in [-0.2, -0.15) is 0 Å². The molecule has 0 aliphatic carbocycles. The number of rotatable bonds is 6. The molecular formula is C19H30N4O3. The first-order valence-corrected chi connectivity index (χ1v) is 9.46. The molecular weight excluding hydrogens is 332 g/mol. The molecule has 2 aliphatic rings. The Hall–Kier alpha value is -1.83. The third kappa shape index (κ3) is 5.59. The van der Waals surface area contributed by atoms with Crippen LogP contribution in [0.4, 0.5) is 16.2 Å². The highest BCUT2D eigenvalue weighted by atomic mass is 16.5. The molecule has 7 nitrogen and oxygen atoms in total. The van der Waals surface area contributed by atoms with Gasteiger partial charge in [0.25, 0.3) is 0 Å². The number of amides is 2. The van der Waals surface area contributed by atoms with Crippen molar-refractivity contribution >= 4 is 17.4 Å². The van der Waals surface area contributed by atoms with E-state index in [-0.39, 0.29) is 12.1 Å². The molecule has 0 bridgehead atoms. The molecule has 7 heteroatoms. The van der Waals surface area contributed by atoms with E-state index in [1.807, 2.05) is 12.1 Å². The zero-order valence-electron chi connectivity index (χ0n) is 15.6. The Labute approximate surface area is 155 Å². The Kier molecular flexibility index (Phi) is 7.11. The fourth-order valence-electron chi connectivity index (χ4n) is 3.40. The average Bonchev–Trinajstić information content (AvgIpc) is 2.68. The van der Waals surface area contributed by atoms with Crippen LogP contribution in [0.15, 0.2) is 24.3 Å². The van der Waals surface area contributed by atoms with Crippen LogP contribution in [0.2, 0.25) is 0 Å². The fourth-order valence-corrected chi connectivity index (χ4v) is 3.40. The van der Waals surface area contributed by atoms with E-state index in [1.54, 1.807) is 7.11 Å². The van der Waals surface area contributed by atoms with Gasteiger partial charge in [-0.3, -0.25) is 4.90 Å². The summed E-state index contributed by atoms with van der Waals surface area (Å²) >= 11 is 0. The molecule has 1 aromatic rings. The molecule has 144 valence electrons. The van der Waals surface area contributed by atoms with Crippen molar-refractivity contribution < 1.29 is 14.3 Å². The summed E-state index contributed by atoms with van der Waals surface area (Å²) in [6.07, 6.45) is 1.76. The predicted molar refractivity (Wildman–Crippen MR) is 103 cm³/mol. The number of hydrogen-bond donors (Lipinski definition) is 2. The lowest BCUT2D eigenvalue weighted by Crippen LogP contribution is -2.47. The third-order valence-corrected chi connectivity index (χ3v) is 5.03. The zero-order chi connectivity index (χ0) is 18.2. The molecule has 0 radical (unpaired) electrons. The van der Waals surface area contributed by atoms with Crippen LogP contribution in [0.1, 0.15) is 12.8 Å². The van der Waals surface area contributed by atoms with Gasteiger partial charge in [0.1, 0.15) is 0 Å². The zero-order valence-corrected chi connectivity index (χ0v) is 15.6. The molecule has 2 amide bonds. The molecule has 2 fully saturated rings. The van der Waals surface area contributed by atoms with Crippen LogP contribution in [0.25, 0.3) is 0 Å². The number of hydrogen-bond acceptors (Lipinski definition) is 5. The molecule has 0 unspecified atom stereocenters. The summed E-state index contributed by atoms with van der Waals surface area (Å²) in [7, 11) is 1.75. The van der Waals surface area contributed by atoms with Crippen molar-refractivity contribution in [3.8, 4) is 0 Å². The van der Waals surface area contributed by atoms with E-state index in [4.69, 9.17) is 9.47 Å². The van der Waals surface area contributed by atoms with Crippen LogP contribution in [-0.2, 0) is 9.47 Å². The van der Waals surface area contributed by atoms with Gasteiger partial charge in [0.15, 0.2) is 0 Å². The van der Waals surface area contributed by atoms with Crippen LogP contribution in [0.3, 0.4) is 0 Å². The molecule has 3 rings (SSSR count). The minimum Gasteiger partial charge on any atom is -0.383 e. The van der Waals surface area contributed by atoms with Gasteiger partial charge in [0.05, 0.1) is 6.61 Å². The van der Waals surface area contributed by atoms with Crippen molar-refractivity contribution in [2.24, 2.45) is 0 Å². The largest absolute Gasteiger partial charge is 0.383 e. The quantitative estimate of drug-likeness (QED) is 0.807. The molecule has 26 heavy (non-hydrogen) atoms. The van der Waals surface area contributed by atoms with E-state index in [9.17, 15) is 4.79 Å². The van der Waals surface area contributed by atoms with E-state index in [0.29, 0.717) is 0 Å². The topological polar surface area (TPSA) is 66.1 Å². The first-order valence-electron chi connectivity index (χ1n) is 9.46. The minimum atomic E-state index is -0.142. The predicted octanol–water partition coefficient (Wildman–Crippen LogP) is 1.76. The van der Waals surface area contributed by atoms with Gasteiger partial charge in [0, 0.05) is 70.5 Å². The van der Waals surface area contributed by atoms with Gasteiger partial charge in [-0.1, -0.05) is 0 Å². The normalized spacial score (nSPS) is 19.3. The third-order valence-electron chi connectivity index (χ3n) is 5.03. The fraction of sp³-hybridized carbons (Fsp3) is 0.632. The summed E-state index contributed by atoms with van der Waals surface area (Å²) in [5, 5.41) is 5.93. The minimum absolute atomic E-state index is 0.142. The van der Waals surface area contributed by atoms with E-state index >= 15 is 0 Å². The molecule has 1 aromatic carbocycles. The molecule has 2 saturated heterocycles. The van der Waals surface area contributed by atoms with Crippen molar-refractivity contribution in [3.63, 3.8) is 0 Å². The number of benzene rings is 1. The first-order chi connectivity index (χ1) is 12.7. The SMILES string of the molecule is COCCN1CCN(c2ccc(NC(=O)NC3CCOCC3)cc2)CC1. The molecule has 2 N–H and O–H groups in total. The molecule has 0 aromatic heterocycles. The van der Waals surface area contributed by atoms with Gasteiger partial charge < -0.3 is 25.0 Å². The van der Waals surface area contributed by atoms with Crippen LogP contribution in [-0.4, -0.2) is 76.6 Å². The summed E-state index contributed by atoms with van der Waals surface area (Å²) in [6.45, 7) is 7.36. The summed E-state index contributed by atoms with van der Waals surface area (Å²) in [4.78, 5) is 16.9. The lowest BCUT2D eigenvalue weighted by atomic mass is 10.1. The van der Waals surface area contributed by atoms with Crippen LogP contribution >= 0.6 is 0 Å². The van der Waals surface area contributed by atoms with Gasteiger partial charge in [0.2, 0.25) is 0 Å². The highest BCUT2D eigenvalue weighted by Crippen LogP contribution is 2.19. The van der Waals surface area contributed by atoms with Crippen LogP contribution < -0.4 is 15.5 Å². The van der Waals surface area contributed by atoms with E-state index in [0.717, 1.165) is 71.1 Å². The maximum atomic E-state index is 12.1. The molecule has 0 spiro atoms. The Morgan fingerprint density at radius 1 is 1.15 bits per heavy atom. The van der Waals surface area contributed by atoms with Gasteiger partial charge in [-0.25, -0.2) is 4.79 Å². The molecule has 0 atom stereocenters. The summed E-state index contributed by atoms with van der Waals surface area (Å²) in [5.74, 6) is 0. The number of carbonyl (C=O) groups excluding carboxylic acids is 1. The Bertz CT molecular complexity index is 552. The van der Waals surface area contributed by atoms with Gasteiger partial charge >= 0.3 is 6.03 Å². The Balaban J connectivity index is 1.44. The lowest BCUT2D eigenvalue weighted by Gasteiger charge is -2.36. The summed E-state index contributed by atoms with van der Waals surface area (Å²) in [5.41, 5.74) is 2.02. The number of nitrogens with zero attached hydrogens (tertiary/aromatic N) is 2. The Morgan fingerprint density at radius 3 is 2.50 bits per heavy atom. The number of methoxy groups -OCH3 is 1. The van der Waals surface area contributed by atoms with Crippen molar-refractivity contribution in [2.45, 2.75) is 18.9 Å². The number of ether oxygens (including phenoxy) is 2. The van der Waals surface area contributed by atoms with E-state index < -0.39 is 0 Å². The highest BCUT2D eigenvalue weighted by molar-refractivity contribution is 5.89. The van der Waals surface area contributed by atoms with Gasteiger partial charge in [-0.05, 0) is 37.1 Å². The lowest BCUT2D eigenvalue weighted by molar-refractivity contribution is 0.0806. The second kappa shape index (κ2) is 9.75. The van der Waals surface area contributed by atoms with E-state index in [2.05, 4.69) is 32.6 Å². The van der Waals surface area contributed by atoms with Crippen molar-refractivity contribution in [1.29, 1.82) is 0 Å². The van der Waals surface area contributed by atoms with Crippen molar-refractivity contribution in [2.75, 3.05) is 69.9 Å². The van der Waals surface area contributed by atoms with Crippen molar-refractivity contribution in [3.05, 3.63) is 24.3 Å². The molecule has 0 saturated carbocycles. The maximum absolute atomic E-state index is 12.1. The first kappa shape index (κ1) is 18.9. The van der Waals surface area contributed by atoms with Crippen LogP contribution in [0.5, 0.6) is 0 Å². The molecule has 2 aliphatic heterocycles. The number of anilines is 2. The second-order valence-corrected chi connectivity index (χ2v) is 6.85. The summed E-state index contributed by atoms with van der Waals surface area (Å²) in [6, 6.07) is 8.16. The van der Waals surface area contributed by atoms with E-state index in [1.165, 1.54) is 5.69 Å². The average molecular weight is 362 g/mol. The standard InChI is InChI=1S/C19H30N4O3/c1-25-15-12-22-8-10-23(11-9-22)18-4-2-16(3-5-18)20-19(24)21-17-6-13-26-14-7-17/h2-5,17H,6-15H2,1H3,(H2,20,21,24). The second-order valence-electron chi connectivity index (χ2n) is 6.85. The smallest absolute Gasteiger partial charge is 0.319 e. The number of urea groups is 1. The Morgan fingerprint density at radius 2 is 1.85 bits per heavy atom. The molecule has 2 heterocycles. The number of piperazine rings is 1. The summed E-state index contributed by atoms with van der Waals surface area (Å²) < 4.78 is 10.5.